The zero-order valence-corrected chi connectivity index (χ0v) is 15.5. The third-order valence-corrected chi connectivity index (χ3v) is 5.43. The Hall–Kier alpha value is -1.90. The van der Waals surface area contributed by atoms with E-state index in [-0.39, 0.29) is 6.23 Å². The van der Waals surface area contributed by atoms with Gasteiger partial charge in [-0.3, -0.25) is 4.90 Å². The van der Waals surface area contributed by atoms with Crippen LogP contribution in [0.2, 0.25) is 0 Å². The molecule has 134 valence electrons. The van der Waals surface area contributed by atoms with Gasteiger partial charge in [0.05, 0.1) is 6.07 Å². The van der Waals surface area contributed by atoms with Crippen LogP contribution in [0.4, 0.5) is 0 Å². The number of hydrogen-bond donors (Lipinski definition) is 0. The molecule has 1 aliphatic carbocycles. The Labute approximate surface area is 150 Å². The first-order valence-electron chi connectivity index (χ1n) is 9.44. The van der Waals surface area contributed by atoms with Crippen molar-refractivity contribution in [1.29, 1.82) is 5.26 Å². The maximum absolute atomic E-state index is 9.94. The van der Waals surface area contributed by atoms with Gasteiger partial charge in [-0.05, 0) is 57.8 Å². The summed E-state index contributed by atoms with van der Waals surface area (Å²) in [5.74, 6) is 0. The summed E-state index contributed by atoms with van der Waals surface area (Å²) < 4.78 is 8.25. The third-order valence-electron chi connectivity index (χ3n) is 5.43. The summed E-state index contributed by atoms with van der Waals surface area (Å²) in [6.07, 6.45) is 7.83. The second-order valence-electron chi connectivity index (χ2n) is 6.71. The summed E-state index contributed by atoms with van der Waals surface area (Å²) in [4.78, 5) is 6.94. The van der Waals surface area contributed by atoms with Crippen LogP contribution in [0.1, 0.15) is 58.2 Å². The maximum Gasteiger partial charge on any atom is 0.141 e. The van der Waals surface area contributed by atoms with Gasteiger partial charge in [-0.1, -0.05) is 13.8 Å². The van der Waals surface area contributed by atoms with Gasteiger partial charge in [-0.2, -0.15) is 5.26 Å². The molecule has 2 aromatic rings. The zero-order valence-electron chi connectivity index (χ0n) is 15.5. The maximum atomic E-state index is 9.94. The molecule has 0 aliphatic heterocycles. The Morgan fingerprint density at radius 2 is 2.04 bits per heavy atom. The van der Waals surface area contributed by atoms with Crippen LogP contribution >= 0.6 is 0 Å². The van der Waals surface area contributed by atoms with Crippen molar-refractivity contribution in [2.45, 2.75) is 58.2 Å². The van der Waals surface area contributed by atoms with E-state index in [9.17, 15) is 5.26 Å². The van der Waals surface area contributed by atoms with Crippen LogP contribution in [-0.2, 0) is 10.3 Å². The highest BCUT2D eigenvalue weighted by Crippen LogP contribution is 2.40. The van der Waals surface area contributed by atoms with E-state index in [2.05, 4.69) is 46.6 Å². The molecule has 0 aromatic carbocycles. The van der Waals surface area contributed by atoms with Crippen LogP contribution in [0.5, 0.6) is 0 Å². The number of rotatable bonds is 7. The lowest BCUT2D eigenvalue weighted by Gasteiger charge is -2.29. The predicted octanol–water partition coefficient (Wildman–Crippen LogP) is 4.21. The number of pyridine rings is 1. The Balaban J connectivity index is 2.18. The summed E-state index contributed by atoms with van der Waals surface area (Å²) in [6, 6.07) is 6.66. The summed E-state index contributed by atoms with van der Waals surface area (Å²) in [7, 11) is 0. The van der Waals surface area contributed by atoms with E-state index < -0.39 is 5.54 Å². The Morgan fingerprint density at radius 3 is 2.64 bits per heavy atom. The summed E-state index contributed by atoms with van der Waals surface area (Å²) in [5, 5.41) is 11.0. The van der Waals surface area contributed by atoms with Crippen LogP contribution < -0.4 is 0 Å². The average molecular weight is 340 g/mol. The lowest BCUT2D eigenvalue weighted by Crippen LogP contribution is -2.31. The van der Waals surface area contributed by atoms with Gasteiger partial charge in [0.15, 0.2) is 0 Å². The molecule has 5 heteroatoms. The number of hydrogen-bond acceptors (Lipinski definition) is 4. The predicted molar refractivity (Wildman–Crippen MR) is 99.1 cm³/mol. The van der Waals surface area contributed by atoms with Gasteiger partial charge in [-0.15, -0.1) is 0 Å². The lowest BCUT2D eigenvalue weighted by atomic mass is 10.00. The molecule has 0 N–H and O–H groups in total. The minimum atomic E-state index is -0.467. The Kier molecular flexibility index (Phi) is 5.41. The smallest absolute Gasteiger partial charge is 0.141 e. The highest BCUT2D eigenvalue weighted by atomic mass is 16.5. The molecule has 1 aliphatic rings. The molecule has 0 saturated heterocycles. The van der Waals surface area contributed by atoms with Crippen LogP contribution in [-0.4, -0.2) is 34.1 Å². The molecule has 0 spiro atoms. The van der Waals surface area contributed by atoms with E-state index in [0.29, 0.717) is 6.61 Å². The Bertz CT molecular complexity index is 751. The number of fused-ring (bicyclic) bond motifs is 1. The largest absolute Gasteiger partial charge is 0.359 e. The summed E-state index contributed by atoms with van der Waals surface area (Å²) in [5.41, 5.74) is 1.55. The van der Waals surface area contributed by atoms with E-state index in [0.717, 1.165) is 55.4 Å². The molecular formula is C20H28N4O. The quantitative estimate of drug-likeness (QED) is 0.709. The second kappa shape index (κ2) is 7.55. The first-order chi connectivity index (χ1) is 12.2. The fraction of sp³-hybridized carbons (Fsp3) is 0.600. The molecule has 0 radical (unpaired) electrons. The second-order valence-corrected chi connectivity index (χ2v) is 6.71. The molecule has 3 rings (SSSR count). The molecule has 2 aromatic heterocycles. The highest BCUT2D eigenvalue weighted by molar-refractivity contribution is 5.81. The minimum Gasteiger partial charge on any atom is -0.359 e. The van der Waals surface area contributed by atoms with Crippen molar-refractivity contribution in [1.82, 2.24) is 14.5 Å². The molecule has 1 atom stereocenters. The van der Waals surface area contributed by atoms with E-state index in [1.54, 1.807) is 0 Å². The van der Waals surface area contributed by atoms with Gasteiger partial charge in [-0.25, -0.2) is 4.98 Å². The number of ether oxygens (including phenoxy) is 1. The SMILES string of the molecule is CCOC(c1cn(C2(C#N)CCCC2)c2ncccc12)N(CC)CC. The molecule has 25 heavy (non-hydrogen) atoms. The topological polar surface area (TPSA) is 54.1 Å². The van der Waals surface area contributed by atoms with E-state index >= 15 is 0 Å². The van der Waals surface area contributed by atoms with Crippen molar-refractivity contribution >= 4 is 11.0 Å². The average Bonchev–Trinajstić information content (AvgIpc) is 3.27. The monoisotopic (exact) mass is 340 g/mol. The molecule has 1 saturated carbocycles. The van der Waals surface area contributed by atoms with Gasteiger partial charge in [0, 0.05) is 30.0 Å². The normalized spacial score (nSPS) is 17.9. The summed E-state index contributed by atoms with van der Waals surface area (Å²) in [6.45, 7) is 8.82. The van der Waals surface area contributed by atoms with Crippen LogP contribution in [0.15, 0.2) is 24.5 Å². The third kappa shape index (κ3) is 3.05. The molecular weight excluding hydrogens is 312 g/mol. The minimum absolute atomic E-state index is 0.106. The van der Waals surface area contributed by atoms with Crippen molar-refractivity contribution in [3.8, 4) is 6.07 Å². The van der Waals surface area contributed by atoms with Crippen molar-refractivity contribution < 1.29 is 4.74 Å². The van der Waals surface area contributed by atoms with E-state index in [1.165, 1.54) is 0 Å². The highest BCUT2D eigenvalue weighted by Gasteiger charge is 2.38. The lowest BCUT2D eigenvalue weighted by molar-refractivity contribution is -0.0522. The fourth-order valence-corrected chi connectivity index (χ4v) is 4.08. The molecule has 5 nitrogen and oxygen atoms in total. The molecule has 0 amide bonds. The van der Waals surface area contributed by atoms with Gasteiger partial charge in [0.2, 0.25) is 0 Å². The van der Waals surface area contributed by atoms with Crippen molar-refractivity contribution in [2.24, 2.45) is 0 Å². The number of nitriles is 1. The molecule has 1 unspecified atom stereocenters. The van der Waals surface area contributed by atoms with E-state index in [4.69, 9.17) is 4.74 Å². The number of nitrogens with zero attached hydrogens (tertiary/aromatic N) is 4. The standard InChI is InChI=1S/C20H28N4O/c1-4-23(5-2)19(25-6-3)17-14-24(18-16(17)10-9-13-22-18)20(15-21)11-7-8-12-20/h9-10,13-14,19H,4-8,11-12H2,1-3H3. The summed E-state index contributed by atoms with van der Waals surface area (Å²) >= 11 is 0. The first kappa shape index (κ1) is 17.9. The van der Waals surface area contributed by atoms with Crippen molar-refractivity contribution in [3.63, 3.8) is 0 Å². The van der Waals surface area contributed by atoms with Crippen LogP contribution in [0.3, 0.4) is 0 Å². The first-order valence-corrected chi connectivity index (χ1v) is 9.44. The zero-order chi connectivity index (χ0) is 17.9. The van der Waals surface area contributed by atoms with Gasteiger partial charge < -0.3 is 9.30 Å². The van der Waals surface area contributed by atoms with Crippen molar-refractivity contribution in [3.05, 3.63) is 30.1 Å². The molecule has 1 fully saturated rings. The Morgan fingerprint density at radius 1 is 1.32 bits per heavy atom. The number of aromatic nitrogens is 2. The van der Waals surface area contributed by atoms with Crippen molar-refractivity contribution in [2.75, 3.05) is 19.7 Å². The van der Waals surface area contributed by atoms with Crippen LogP contribution in [0, 0.1) is 11.3 Å². The molecule has 0 bridgehead atoms. The van der Waals surface area contributed by atoms with Gasteiger partial charge in [0.25, 0.3) is 0 Å². The molecule has 2 heterocycles. The van der Waals surface area contributed by atoms with E-state index in [1.807, 2.05) is 19.2 Å². The van der Waals surface area contributed by atoms with Gasteiger partial charge in [0.1, 0.15) is 17.4 Å². The van der Waals surface area contributed by atoms with Crippen LogP contribution in [0.25, 0.3) is 11.0 Å². The van der Waals surface area contributed by atoms with Gasteiger partial charge >= 0.3 is 0 Å². The fourth-order valence-electron chi connectivity index (χ4n) is 4.08.